The summed E-state index contributed by atoms with van der Waals surface area (Å²) in [6.07, 6.45) is 0. The van der Waals surface area contributed by atoms with Crippen LogP contribution < -0.4 is 15.8 Å². The maximum absolute atomic E-state index is 14.1. The van der Waals surface area contributed by atoms with Crippen molar-refractivity contribution >= 4 is 17.5 Å². The monoisotopic (exact) mass is 395 g/mol. The highest BCUT2D eigenvalue weighted by Gasteiger charge is 2.19. The summed E-state index contributed by atoms with van der Waals surface area (Å²) in [5.74, 6) is -1.08. The van der Waals surface area contributed by atoms with Crippen molar-refractivity contribution in [2.75, 3.05) is 12.4 Å². The smallest absolute Gasteiger partial charge is 0.257 e. The minimum atomic E-state index is -0.768. The summed E-state index contributed by atoms with van der Waals surface area (Å²) in [4.78, 5) is 24.3. The molecule has 1 aromatic heterocycles. The molecule has 0 aliphatic rings. The molecule has 0 fully saturated rings. The summed E-state index contributed by atoms with van der Waals surface area (Å²) < 4.78 is 21.3. The van der Waals surface area contributed by atoms with E-state index in [-0.39, 0.29) is 16.8 Å². The number of carbonyl (C=O) groups excluding carboxylic acids is 2. The fourth-order valence-corrected chi connectivity index (χ4v) is 3.28. The molecular formula is C22H22FN3O3. The Morgan fingerprint density at radius 1 is 1.10 bits per heavy atom. The zero-order chi connectivity index (χ0) is 21.3. The van der Waals surface area contributed by atoms with Gasteiger partial charge in [0.2, 0.25) is 5.91 Å². The van der Waals surface area contributed by atoms with E-state index in [1.165, 1.54) is 13.0 Å². The van der Waals surface area contributed by atoms with E-state index in [0.29, 0.717) is 11.3 Å². The lowest BCUT2D eigenvalue weighted by atomic mass is 10.1. The molecule has 0 unspecified atom stereocenters. The maximum Gasteiger partial charge on any atom is 0.257 e. The van der Waals surface area contributed by atoms with Gasteiger partial charge in [-0.05, 0) is 51.1 Å². The fraction of sp³-hybridized carbons (Fsp3) is 0.182. The highest BCUT2D eigenvalue weighted by Crippen LogP contribution is 2.26. The van der Waals surface area contributed by atoms with Gasteiger partial charge in [0, 0.05) is 40.0 Å². The predicted molar refractivity (Wildman–Crippen MR) is 109 cm³/mol. The van der Waals surface area contributed by atoms with Crippen molar-refractivity contribution in [3.8, 4) is 11.4 Å². The van der Waals surface area contributed by atoms with Gasteiger partial charge in [-0.1, -0.05) is 6.07 Å². The lowest BCUT2D eigenvalue weighted by Gasteiger charge is -2.12. The van der Waals surface area contributed by atoms with Crippen LogP contribution in [0.25, 0.3) is 5.69 Å². The number of carbonyl (C=O) groups is 2. The number of anilines is 1. The van der Waals surface area contributed by atoms with Gasteiger partial charge in [0.25, 0.3) is 5.91 Å². The molecule has 0 spiro atoms. The number of benzene rings is 2. The molecule has 6 nitrogen and oxygen atoms in total. The van der Waals surface area contributed by atoms with E-state index < -0.39 is 17.6 Å². The average molecular weight is 395 g/mol. The summed E-state index contributed by atoms with van der Waals surface area (Å²) in [7, 11) is 1.59. The van der Waals surface area contributed by atoms with Crippen LogP contribution in [0, 0.1) is 26.6 Å². The number of nitrogens with zero attached hydrogens (tertiary/aromatic N) is 1. The number of halogens is 1. The predicted octanol–water partition coefficient (Wildman–Crippen LogP) is 3.90. The fourth-order valence-electron chi connectivity index (χ4n) is 3.28. The van der Waals surface area contributed by atoms with E-state index in [1.807, 2.05) is 42.7 Å². The lowest BCUT2D eigenvalue weighted by Crippen LogP contribution is -2.17. The zero-order valence-corrected chi connectivity index (χ0v) is 16.7. The number of hydrogen-bond acceptors (Lipinski definition) is 3. The van der Waals surface area contributed by atoms with Crippen LogP contribution in [0.2, 0.25) is 0 Å². The summed E-state index contributed by atoms with van der Waals surface area (Å²) in [5, 5.41) is 2.69. The Labute approximate surface area is 168 Å². The van der Waals surface area contributed by atoms with E-state index in [9.17, 15) is 14.0 Å². The van der Waals surface area contributed by atoms with Crippen LogP contribution in [0.1, 0.15) is 37.7 Å². The molecule has 7 heteroatoms. The Hall–Kier alpha value is -3.61. The summed E-state index contributed by atoms with van der Waals surface area (Å²) >= 11 is 0. The first-order valence-electron chi connectivity index (χ1n) is 8.97. The summed E-state index contributed by atoms with van der Waals surface area (Å²) in [6.45, 7) is 5.24. The van der Waals surface area contributed by atoms with E-state index in [0.717, 1.165) is 23.1 Å². The van der Waals surface area contributed by atoms with Crippen LogP contribution in [-0.4, -0.2) is 23.5 Å². The lowest BCUT2D eigenvalue weighted by molar-refractivity contribution is 0.0995. The van der Waals surface area contributed by atoms with Crippen molar-refractivity contribution in [2.45, 2.75) is 20.8 Å². The van der Waals surface area contributed by atoms with Gasteiger partial charge >= 0.3 is 0 Å². The quantitative estimate of drug-likeness (QED) is 0.687. The number of primary amides is 1. The maximum atomic E-state index is 14.1. The number of amides is 2. The minimum absolute atomic E-state index is 0.00902. The first-order chi connectivity index (χ1) is 13.7. The van der Waals surface area contributed by atoms with Crippen LogP contribution in [0.5, 0.6) is 5.75 Å². The third kappa shape index (κ3) is 3.85. The second kappa shape index (κ2) is 7.79. The van der Waals surface area contributed by atoms with Crippen LogP contribution in [-0.2, 0) is 0 Å². The van der Waals surface area contributed by atoms with Crippen molar-refractivity contribution in [3.63, 3.8) is 0 Å². The number of hydrogen-bond donors (Lipinski definition) is 2. The Morgan fingerprint density at radius 2 is 1.83 bits per heavy atom. The summed E-state index contributed by atoms with van der Waals surface area (Å²) in [5.41, 5.74) is 8.54. The second-order valence-corrected chi connectivity index (χ2v) is 6.77. The van der Waals surface area contributed by atoms with E-state index in [2.05, 4.69) is 5.32 Å². The van der Waals surface area contributed by atoms with E-state index in [1.54, 1.807) is 13.2 Å². The molecule has 0 atom stereocenters. The Balaban J connectivity index is 1.99. The van der Waals surface area contributed by atoms with Crippen molar-refractivity contribution in [2.24, 2.45) is 5.73 Å². The topological polar surface area (TPSA) is 86.3 Å². The van der Waals surface area contributed by atoms with Gasteiger partial charge in [-0.3, -0.25) is 9.59 Å². The van der Waals surface area contributed by atoms with Crippen molar-refractivity contribution in [1.29, 1.82) is 0 Å². The molecule has 3 rings (SSSR count). The third-order valence-corrected chi connectivity index (χ3v) is 4.86. The van der Waals surface area contributed by atoms with Crippen LogP contribution in [0.4, 0.5) is 10.1 Å². The van der Waals surface area contributed by atoms with Gasteiger partial charge in [-0.25, -0.2) is 4.39 Å². The van der Waals surface area contributed by atoms with E-state index in [4.69, 9.17) is 10.5 Å². The second-order valence-electron chi connectivity index (χ2n) is 6.77. The first kappa shape index (κ1) is 20.1. The number of aryl methyl sites for hydroxylation is 1. The molecule has 0 saturated carbocycles. The van der Waals surface area contributed by atoms with Gasteiger partial charge in [0.1, 0.15) is 11.6 Å². The molecule has 3 N–H and O–H groups in total. The highest BCUT2D eigenvalue weighted by atomic mass is 19.1. The van der Waals surface area contributed by atoms with Gasteiger partial charge in [-0.2, -0.15) is 0 Å². The molecule has 3 aromatic rings. The van der Waals surface area contributed by atoms with Gasteiger partial charge in [-0.15, -0.1) is 0 Å². The highest BCUT2D eigenvalue weighted by molar-refractivity contribution is 6.06. The number of rotatable bonds is 5. The summed E-state index contributed by atoms with van der Waals surface area (Å²) in [6, 6.07) is 11.7. The number of nitrogens with one attached hydrogen (secondary N) is 1. The van der Waals surface area contributed by atoms with Crippen molar-refractivity contribution in [3.05, 3.63) is 76.4 Å². The molecule has 29 heavy (non-hydrogen) atoms. The van der Waals surface area contributed by atoms with Crippen LogP contribution in [0.15, 0.2) is 42.5 Å². The Bertz CT molecular complexity index is 1120. The molecular weight excluding hydrogens is 373 g/mol. The normalized spacial score (nSPS) is 10.7. The Morgan fingerprint density at radius 3 is 2.48 bits per heavy atom. The molecule has 0 aliphatic heterocycles. The molecule has 0 radical (unpaired) electrons. The number of methoxy groups -OCH3 is 1. The largest absolute Gasteiger partial charge is 0.497 e. The molecule has 0 bridgehead atoms. The molecule has 2 aromatic carbocycles. The van der Waals surface area contributed by atoms with Gasteiger partial charge in [0.05, 0.1) is 12.7 Å². The molecule has 2 amide bonds. The molecule has 1 heterocycles. The van der Waals surface area contributed by atoms with Crippen molar-refractivity contribution in [1.82, 2.24) is 4.57 Å². The minimum Gasteiger partial charge on any atom is -0.497 e. The van der Waals surface area contributed by atoms with Crippen LogP contribution in [0.3, 0.4) is 0 Å². The Kier molecular flexibility index (Phi) is 5.41. The zero-order valence-electron chi connectivity index (χ0n) is 16.7. The first-order valence-corrected chi connectivity index (χ1v) is 8.97. The SMILES string of the molecule is COc1cccc(-n2c(C)cc(C(=O)Nc3cc(C(N)=O)cc(F)c3C)c2C)c1. The standard InChI is InChI=1S/C22H22FN3O3/c1-12-8-18(14(3)26(12)16-6-5-7-17(11-16)29-4)22(28)25-20-10-15(21(24)27)9-19(23)13(20)2/h5-11H,1-4H3,(H2,24,27)(H,25,28). The number of nitrogens with two attached hydrogens (primary N) is 1. The third-order valence-electron chi connectivity index (χ3n) is 4.86. The van der Waals surface area contributed by atoms with E-state index >= 15 is 0 Å². The molecule has 0 saturated heterocycles. The number of ether oxygens (including phenoxy) is 1. The van der Waals surface area contributed by atoms with Crippen LogP contribution >= 0.6 is 0 Å². The van der Waals surface area contributed by atoms with Gasteiger partial charge < -0.3 is 20.4 Å². The average Bonchev–Trinajstić information content (AvgIpc) is 2.99. The van der Waals surface area contributed by atoms with Crippen molar-refractivity contribution < 1.29 is 18.7 Å². The van der Waals surface area contributed by atoms with Gasteiger partial charge in [0.15, 0.2) is 0 Å². The number of aromatic nitrogens is 1. The molecule has 0 aliphatic carbocycles. The molecule has 150 valence electrons.